The van der Waals surface area contributed by atoms with Crippen LogP contribution in [0.5, 0.6) is 0 Å². The van der Waals surface area contributed by atoms with E-state index in [1.165, 1.54) is 5.38 Å². The molecule has 0 aliphatic carbocycles. The second kappa shape index (κ2) is 10.5. The number of benzene rings is 1. The number of nitrogens with one attached hydrogen (secondary N) is 1. The Balaban J connectivity index is 2.14. The maximum Gasteiger partial charge on any atom is 0.413 e. The van der Waals surface area contributed by atoms with Crippen molar-refractivity contribution in [3.63, 3.8) is 0 Å². The van der Waals surface area contributed by atoms with E-state index in [9.17, 15) is 14.4 Å². The Morgan fingerprint density at radius 1 is 1.17 bits per heavy atom. The second-order valence-electron chi connectivity index (χ2n) is 6.98. The van der Waals surface area contributed by atoms with Crippen molar-refractivity contribution in [2.24, 2.45) is 5.16 Å². The molecule has 0 aliphatic rings. The average molecular weight is 433 g/mol. The maximum atomic E-state index is 12.5. The zero-order chi connectivity index (χ0) is 22.1. The van der Waals surface area contributed by atoms with Gasteiger partial charge < -0.3 is 14.3 Å². The van der Waals surface area contributed by atoms with Crippen LogP contribution in [0, 0.1) is 0 Å². The number of hydrogen-bond donors (Lipinski definition) is 1. The molecule has 1 aromatic carbocycles. The van der Waals surface area contributed by atoms with Gasteiger partial charge in [-0.1, -0.05) is 42.4 Å². The first-order valence-electron chi connectivity index (χ1n) is 9.12. The van der Waals surface area contributed by atoms with Gasteiger partial charge in [0.25, 0.3) is 0 Å². The zero-order valence-electron chi connectivity index (χ0n) is 17.1. The highest BCUT2D eigenvalue weighted by Gasteiger charge is 2.23. The van der Waals surface area contributed by atoms with Gasteiger partial charge in [0.15, 0.2) is 5.13 Å². The average Bonchev–Trinajstić information content (AvgIpc) is 3.13. The molecule has 0 unspecified atom stereocenters. The van der Waals surface area contributed by atoms with Crippen molar-refractivity contribution < 1.29 is 28.7 Å². The summed E-state index contributed by atoms with van der Waals surface area (Å²) in [6, 6.07) is 9.07. The van der Waals surface area contributed by atoms with Crippen molar-refractivity contribution >= 4 is 40.2 Å². The summed E-state index contributed by atoms with van der Waals surface area (Å²) in [4.78, 5) is 44.8. The molecule has 2 rings (SSSR count). The standard InChI is InChI=1S/C20H23N3O6S/c1-5-15(24)29-23-16(17(25)27-11-13-9-7-6-8-10-13)14-12-30-18(21-14)22-19(26)28-20(2,3)4/h6-10,12H,5,11H2,1-4H3,(H,21,22,26). The van der Waals surface area contributed by atoms with Gasteiger partial charge in [-0.3, -0.25) is 5.32 Å². The maximum absolute atomic E-state index is 12.5. The first-order valence-corrected chi connectivity index (χ1v) is 10.0. The molecule has 1 amide bonds. The van der Waals surface area contributed by atoms with Gasteiger partial charge in [0.1, 0.15) is 17.9 Å². The van der Waals surface area contributed by atoms with Gasteiger partial charge in [0.2, 0.25) is 5.71 Å². The predicted octanol–water partition coefficient (Wildman–Crippen LogP) is 3.89. The van der Waals surface area contributed by atoms with Crippen LogP contribution in [0.15, 0.2) is 40.9 Å². The van der Waals surface area contributed by atoms with Crippen LogP contribution < -0.4 is 5.32 Å². The molecular formula is C20H23N3O6S. The van der Waals surface area contributed by atoms with Crippen LogP contribution in [0.4, 0.5) is 9.93 Å². The number of aromatic nitrogens is 1. The van der Waals surface area contributed by atoms with Gasteiger partial charge in [-0.05, 0) is 26.3 Å². The van der Waals surface area contributed by atoms with E-state index in [1.54, 1.807) is 39.8 Å². The number of rotatable bonds is 7. The molecule has 0 spiro atoms. The minimum absolute atomic E-state index is 0.00751. The van der Waals surface area contributed by atoms with Crippen LogP contribution in [0.2, 0.25) is 0 Å². The van der Waals surface area contributed by atoms with E-state index in [4.69, 9.17) is 14.3 Å². The van der Waals surface area contributed by atoms with E-state index in [2.05, 4.69) is 15.5 Å². The fourth-order valence-corrected chi connectivity index (χ4v) is 2.65. The lowest BCUT2D eigenvalue weighted by molar-refractivity contribution is -0.143. The molecule has 1 N–H and O–H groups in total. The Hall–Kier alpha value is -3.27. The number of esters is 1. The van der Waals surface area contributed by atoms with Gasteiger partial charge >= 0.3 is 18.0 Å². The highest BCUT2D eigenvalue weighted by atomic mass is 32.1. The lowest BCUT2D eigenvalue weighted by Gasteiger charge is -2.18. The molecule has 0 bridgehead atoms. The van der Waals surface area contributed by atoms with E-state index in [0.717, 1.165) is 16.9 Å². The summed E-state index contributed by atoms with van der Waals surface area (Å²) in [5, 5.41) is 7.77. The van der Waals surface area contributed by atoms with Crippen molar-refractivity contribution in [2.45, 2.75) is 46.3 Å². The SMILES string of the molecule is CCC(=O)ON=C(C(=O)OCc1ccccc1)c1csc(NC(=O)OC(C)(C)C)n1. The van der Waals surface area contributed by atoms with Gasteiger partial charge in [0.05, 0.1) is 0 Å². The van der Waals surface area contributed by atoms with E-state index >= 15 is 0 Å². The summed E-state index contributed by atoms with van der Waals surface area (Å²) < 4.78 is 10.4. The monoisotopic (exact) mass is 433 g/mol. The molecule has 1 aromatic heterocycles. The Morgan fingerprint density at radius 2 is 1.87 bits per heavy atom. The second-order valence-corrected chi connectivity index (χ2v) is 7.84. The lowest BCUT2D eigenvalue weighted by atomic mass is 10.2. The van der Waals surface area contributed by atoms with E-state index < -0.39 is 23.6 Å². The molecule has 9 nitrogen and oxygen atoms in total. The Kier molecular flexibility index (Phi) is 8.05. The molecule has 30 heavy (non-hydrogen) atoms. The van der Waals surface area contributed by atoms with Gasteiger partial charge in [-0.2, -0.15) is 0 Å². The highest BCUT2D eigenvalue weighted by Crippen LogP contribution is 2.19. The van der Waals surface area contributed by atoms with Crippen LogP contribution in [0.3, 0.4) is 0 Å². The highest BCUT2D eigenvalue weighted by molar-refractivity contribution is 7.14. The summed E-state index contributed by atoms with van der Waals surface area (Å²) in [5.41, 5.74) is -0.0950. The number of carbonyl (C=O) groups is 3. The van der Waals surface area contributed by atoms with Crippen LogP contribution >= 0.6 is 11.3 Å². The lowest BCUT2D eigenvalue weighted by Crippen LogP contribution is -2.27. The third-order valence-electron chi connectivity index (χ3n) is 3.29. The molecule has 0 saturated heterocycles. The minimum atomic E-state index is -0.822. The molecule has 0 radical (unpaired) electrons. The minimum Gasteiger partial charge on any atom is -0.456 e. The fourth-order valence-electron chi connectivity index (χ4n) is 1.97. The van der Waals surface area contributed by atoms with Crippen molar-refractivity contribution in [2.75, 3.05) is 5.32 Å². The van der Waals surface area contributed by atoms with Gasteiger partial charge in [-0.25, -0.2) is 19.4 Å². The summed E-state index contributed by atoms with van der Waals surface area (Å²) in [6.45, 7) is 6.80. The normalized spacial score (nSPS) is 11.5. The van der Waals surface area contributed by atoms with E-state index in [0.29, 0.717) is 0 Å². The molecule has 10 heteroatoms. The van der Waals surface area contributed by atoms with E-state index in [1.807, 2.05) is 18.2 Å². The number of hydrogen-bond acceptors (Lipinski definition) is 9. The van der Waals surface area contributed by atoms with Crippen LogP contribution in [0.25, 0.3) is 0 Å². The Bertz CT molecular complexity index is 918. The van der Waals surface area contributed by atoms with Gasteiger partial charge in [0, 0.05) is 11.8 Å². The first kappa shape index (κ1) is 23.0. The number of nitrogens with zero attached hydrogens (tertiary/aromatic N) is 2. The summed E-state index contributed by atoms with van der Waals surface area (Å²) in [6.07, 6.45) is -0.607. The number of ether oxygens (including phenoxy) is 2. The number of oxime groups is 1. The molecule has 2 aromatic rings. The van der Waals surface area contributed by atoms with E-state index in [-0.39, 0.29) is 29.6 Å². The topological polar surface area (TPSA) is 116 Å². The molecule has 160 valence electrons. The first-order chi connectivity index (χ1) is 14.2. The summed E-state index contributed by atoms with van der Waals surface area (Å²) >= 11 is 1.05. The summed E-state index contributed by atoms with van der Waals surface area (Å²) in [5.74, 6) is -1.44. The smallest absolute Gasteiger partial charge is 0.413 e. The molecule has 0 aliphatic heterocycles. The van der Waals surface area contributed by atoms with Crippen molar-refractivity contribution in [1.82, 2.24) is 4.98 Å². The molecule has 0 fully saturated rings. The molecular weight excluding hydrogens is 410 g/mol. The fraction of sp³-hybridized carbons (Fsp3) is 0.350. The van der Waals surface area contributed by atoms with Crippen molar-refractivity contribution in [1.29, 1.82) is 0 Å². The number of thiazole rings is 1. The Morgan fingerprint density at radius 3 is 2.50 bits per heavy atom. The Labute approximate surface area is 178 Å². The summed E-state index contributed by atoms with van der Waals surface area (Å²) in [7, 11) is 0. The molecule has 0 saturated carbocycles. The zero-order valence-corrected chi connectivity index (χ0v) is 17.9. The van der Waals surface area contributed by atoms with Crippen LogP contribution in [-0.4, -0.2) is 34.3 Å². The quantitative estimate of drug-likeness (QED) is 0.305. The van der Waals surface area contributed by atoms with Crippen molar-refractivity contribution in [3.05, 3.63) is 47.0 Å². The van der Waals surface area contributed by atoms with Crippen molar-refractivity contribution in [3.8, 4) is 0 Å². The number of anilines is 1. The third kappa shape index (κ3) is 7.63. The third-order valence-corrected chi connectivity index (χ3v) is 4.05. The largest absolute Gasteiger partial charge is 0.456 e. The predicted molar refractivity (Wildman–Crippen MR) is 111 cm³/mol. The van der Waals surface area contributed by atoms with Crippen LogP contribution in [0.1, 0.15) is 45.4 Å². The van der Waals surface area contributed by atoms with Crippen LogP contribution in [-0.2, 0) is 30.5 Å². The number of carbonyl (C=O) groups excluding carboxylic acids is 3. The number of amides is 1. The van der Waals surface area contributed by atoms with Gasteiger partial charge in [-0.15, -0.1) is 11.3 Å². The molecule has 1 heterocycles. The molecule has 0 atom stereocenters.